The smallest absolute Gasteiger partial charge is 0.198 e. The second-order valence-electron chi connectivity index (χ2n) is 2.79. The number of unbranched alkanes of at least 4 members (excludes halogenated alkanes) is 1. The molecule has 0 amide bonds. The molecule has 0 N–H and O–H groups in total. The van der Waals surface area contributed by atoms with Gasteiger partial charge >= 0.3 is 6.00 Å². The maximum atomic E-state index is 8.71. The average Bonchev–Trinajstić information content (AvgIpc) is 1.95. The van der Waals surface area contributed by atoms with Crippen LogP contribution in [0.25, 0.3) is 0 Å². The van der Waals surface area contributed by atoms with Crippen LogP contribution in [0.15, 0.2) is 0 Å². The quantitative estimate of drug-likeness (QED) is 0.530. The predicted octanol–water partition coefficient (Wildman–Crippen LogP) is 3.97. The molecule has 1 nitrogen and oxygen atoms in total. The van der Waals surface area contributed by atoms with Gasteiger partial charge in [0, 0.05) is 5.92 Å². The van der Waals surface area contributed by atoms with Crippen molar-refractivity contribution in [1.82, 2.24) is 0 Å². The van der Waals surface area contributed by atoms with Crippen LogP contribution < -0.4 is 0 Å². The minimum absolute atomic E-state index is 0.0656. The van der Waals surface area contributed by atoms with Crippen LogP contribution in [-0.2, 0) is 0 Å². The normalized spacial score (nSPS) is 13.9. The third-order valence-corrected chi connectivity index (χ3v) is 3.91. The van der Waals surface area contributed by atoms with Gasteiger partial charge in [-0.05, 0) is 12.5 Å². The van der Waals surface area contributed by atoms with Gasteiger partial charge in [-0.3, -0.25) is 0 Å². The highest BCUT2D eigenvalue weighted by Gasteiger charge is 2.29. The average molecular weight is 245 g/mol. The first kappa shape index (κ1) is 12.6. The molecule has 5 heteroatoms. The Kier molecular flexibility index (Phi) is 6.39. The van der Waals surface area contributed by atoms with Gasteiger partial charge in [0.25, 0.3) is 0 Å². The standard InChI is InChI=1S/C7H12Cl3NSi/c1-2-3-4-7(5-11)6-12(8,9)10/h7H,2-4,6H2,1H3. The molecule has 0 saturated heterocycles. The summed E-state index contributed by atoms with van der Waals surface area (Å²) in [4.78, 5) is 0. The summed E-state index contributed by atoms with van der Waals surface area (Å²) >= 11 is 17.1. The van der Waals surface area contributed by atoms with E-state index in [1.165, 1.54) is 0 Å². The zero-order valence-electron chi connectivity index (χ0n) is 6.99. The molecule has 0 rings (SSSR count). The Morgan fingerprint density at radius 2 is 2.00 bits per heavy atom. The van der Waals surface area contributed by atoms with Crippen LogP contribution in [0.3, 0.4) is 0 Å². The number of rotatable bonds is 5. The van der Waals surface area contributed by atoms with E-state index in [-0.39, 0.29) is 5.92 Å². The summed E-state index contributed by atoms with van der Waals surface area (Å²) < 4.78 is 0. The minimum Gasteiger partial charge on any atom is -0.198 e. The molecule has 0 heterocycles. The summed E-state index contributed by atoms with van der Waals surface area (Å²) in [6, 6.07) is 0.0441. The van der Waals surface area contributed by atoms with Gasteiger partial charge in [0.1, 0.15) is 0 Å². The van der Waals surface area contributed by atoms with Gasteiger partial charge < -0.3 is 0 Å². The number of nitriles is 1. The highest BCUT2D eigenvalue weighted by molar-refractivity contribution is 7.64. The Labute approximate surface area is 88.7 Å². The van der Waals surface area contributed by atoms with Crippen LogP contribution >= 0.6 is 33.2 Å². The van der Waals surface area contributed by atoms with Crippen molar-refractivity contribution in [3.05, 3.63) is 0 Å². The van der Waals surface area contributed by atoms with Crippen molar-refractivity contribution < 1.29 is 0 Å². The third kappa shape index (κ3) is 7.24. The topological polar surface area (TPSA) is 23.8 Å². The molecule has 0 aromatic heterocycles. The zero-order valence-corrected chi connectivity index (χ0v) is 10.3. The van der Waals surface area contributed by atoms with E-state index >= 15 is 0 Å². The molecule has 0 bridgehead atoms. The van der Waals surface area contributed by atoms with Crippen molar-refractivity contribution in [2.24, 2.45) is 5.92 Å². The van der Waals surface area contributed by atoms with Crippen LogP contribution in [0, 0.1) is 17.2 Å². The highest BCUT2D eigenvalue weighted by atomic mass is 35.8. The maximum absolute atomic E-state index is 8.71. The summed E-state index contributed by atoms with van der Waals surface area (Å²) in [7, 11) is 0. The van der Waals surface area contributed by atoms with Gasteiger partial charge in [0.05, 0.1) is 6.07 Å². The molecular weight excluding hydrogens is 233 g/mol. The lowest BCUT2D eigenvalue weighted by Gasteiger charge is -2.11. The number of nitrogens with zero attached hydrogens (tertiary/aromatic N) is 1. The Balaban J connectivity index is 3.78. The number of hydrogen-bond acceptors (Lipinski definition) is 1. The molecule has 0 radical (unpaired) electrons. The Bertz CT molecular complexity index is 161. The van der Waals surface area contributed by atoms with Crippen LogP contribution in [0.1, 0.15) is 26.2 Å². The van der Waals surface area contributed by atoms with E-state index in [0.29, 0.717) is 6.04 Å². The molecule has 0 aliphatic carbocycles. The molecule has 0 aliphatic rings. The largest absolute Gasteiger partial charge is 0.342 e. The van der Waals surface area contributed by atoms with Gasteiger partial charge in [-0.15, -0.1) is 33.2 Å². The summed E-state index contributed by atoms with van der Waals surface area (Å²) in [5.41, 5.74) is 0. The van der Waals surface area contributed by atoms with E-state index in [1.54, 1.807) is 0 Å². The molecule has 0 fully saturated rings. The van der Waals surface area contributed by atoms with E-state index in [4.69, 9.17) is 38.5 Å². The second kappa shape index (κ2) is 6.10. The molecule has 0 saturated carbocycles. The zero-order chi connectivity index (χ0) is 9.61. The van der Waals surface area contributed by atoms with Gasteiger partial charge in [0.2, 0.25) is 0 Å². The third-order valence-electron chi connectivity index (χ3n) is 1.57. The van der Waals surface area contributed by atoms with Crippen molar-refractivity contribution in [1.29, 1.82) is 5.26 Å². The molecule has 1 unspecified atom stereocenters. The first-order chi connectivity index (χ1) is 5.49. The van der Waals surface area contributed by atoms with Crippen LogP contribution in [-0.4, -0.2) is 6.00 Å². The van der Waals surface area contributed by atoms with Gasteiger partial charge in [-0.1, -0.05) is 19.8 Å². The monoisotopic (exact) mass is 243 g/mol. The fourth-order valence-electron chi connectivity index (χ4n) is 0.942. The van der Waals surface area contributed by atoms with Crippen LogP contribution in [0.2, 0.25) is 6.04 Å². The van der Waals surface area contributed by atoms with Crippen LogP contribution in [0.5, 0.6) is 0 Å². The van der Waals surface area contributed by atoms with Crippen molar-refractivity contribution in [2.75, 3.05) is 0 Å². The summed E-state index contributed by atoms with van der Waals surface area (Å²) in [6.07, 6.45) is 2.97. The van der Waals surface area contributed by atoms with E-state index in [0.717, 1.165) is 19.3 Å². The molecule has 0 aromatic carbocycles. The van der Waals surface area contributed by atoms with Crippen molar-refractivity contribution in [2.45, 2.75) is 32.2 Å². The van der Waals surface area contributed by atoms with Crippen LogP contribution in [0.4, 0.5) is 0 Å². The molecule has 12 heavy (non-hydrogen) atoms. The van der Waals surface area contributed by atoms with Crippen molar-refractivity contribution >= 4 is 39.2 Å². The lowest BCUT2D eigenvalue weighted by atomic mass is 10.1. The Hall–Kier alpha value is 0.577. The lowest BCUT2D eigenvalue weighted by molar-refractivity contribution is 0.606. The molecule has 0 aliphatic heterocycles. The molecule has 70 valence electrons. The second-order valence-corrected chi connectivity index (χ2v) is 12.0. The van der Waals surface area contributed by atoms with E-state index in [1.807, 2.05) is 0 Å². The maximum Gasteiger partial charge on any atom is 0.342 e. The van der Waals surface area contributed by atoms with Gasteiger partial charge in [0.15, 0.2) is 0 Å². The minimum atomic E-state index is -2.60. The Morgan fingerprint density at radius 1 is 1.42 bits per heavy atom. The first-order valence-electron chi connectivity index (χ1n) is 3.96. The van der Waals surface area contributed by atoms with E-state index in [2.05, 4.69) is 13.0 Å². The predicted molar refractivity (Wildman–Crippen MR) is 56.7 cm³/mol. The Morgan fingerprint density at radius 3 is 2.33 bits per heavy atom. The fraction of sp³-hybridized carbons (Fsp3) is 0.857. The molecular formula is C7H12Cl3NSi. The molecule has 1 atom stereocenters. The molecule has 0 spiro atoms. The lowest BCUT2D eigenvalue weighted by Crippen LogP contribution is -2.14. The summed E-state index contributed by atoms with van der Waals surface area (Å²) in [5, 5.41) is 8.71. The SMILES string of the molecule is CCCCC(C#N)C[Si](Cl)(Cl)Cl. The van der Waals surface area contributed by atoms with Gasteiger partial charge in [-0.25, -0.2) is 0 Å². The molecule has 0 aromatic rings. The van der Waals surface area contributed by atoms with Crippen molar-refractivity contribution in [3.8, 4) is 6.07 Å². The van der Waals surface area contributed by atoms with Crippen molar-refractivity contribution in [3.63, 3.8) is 0 Å². The number of halogens is 3. The highest BCUT2D eigenvalue weighted by Crippen LogP contribution is 2.30. The first-order valence-corrected chi connectivity index (χ1v) is 9.20. The fourth-order valence-corrected chi connectivity index (χ4v) is 3.47. The summed E-state index contributed by atoms with van der Waals surface area (Å²) in [5.74, 6) is -0.0656. The van der Waals surface area contributed by atoms with E-state index in [9.17, 15) is 0 Å². The van der Waals surface area contributed by atoms with Gasteiger partial charge in [-0.2, -0.15) is 5.26 Å². The summed E-state index contributed by atoms with van der Waals surface area (Å²) in [6.45, 7) is 2.08. The van der Waals surface area contributed by atoms with E-state index < -0.39 is 6.00 Å². The number of hydrogen-bond donors (Lipinski definition) is 0.